The minimum absolute atomic E-state index is 1.16. The van der Waals surface area contributed by atoms with Crippen LogP contribution in [0.5, 0.6) is 0 Å². The Kier molecular flexibility index (Phi) is 6.43. The smallest absolute Gasteiger partial charge is 0.0413 e. The molecule has 0 aromatic heterocycles. The summed E-state index contributed by atoms with van der Waals surface area (Å²) in [5.74, 6) is 0. The van der Waals surface area contributed by atoms with Gasteiger partial charge in [-0.1, -0.05) is 13.8 Å². The van der Waals surface area contributed by atoms with Crippen LogP contribution < -0.4 is 5.14 Å². The molecule has 0 amide bonds. The highest BCUT2D eigenvalue weighted by atomic mass is 32.3. The zero-order chi connectivity index (χ0) is 6.50. The van der Waals surface area contributed by atoms with Gasteiger partial charge in [-0.05, 0) is 0 Å². The van der Waals surface area contributed by atoms with Crippen molar-refractivity contribution in [3.8, 4) is 0 Å². The van der Waals surface area contributed by atoms with Crippen molar-refractivity contribution in [1.29, 1.82) is 0 Å². The van der Waals surface area contributed by atoms with Crippen LogP contribution in [0.2, 0.25) is 0 Å². The van der Waals surface area contributed by atoms with E-state index in [-0.39, 0.29) is 0 Å². The molecule has 0 aromatic carbocycles. The summed E-state index contributed by atoms with van der Waals surface area (Å²) in [6.45, 7) is 4.00. The van der Waals surface area contributed by atoms with E-state index in [0.29, 0.717) is 0 Å². The normalized spacial score (nSPS) is 11.7. The first-order valence-electron chi connectivity index (χ1n) is 2.01. The van der Waals surface area contributed by atoms with Gasteiger partial charge >= 0.3 is 0 Å². The molecule has 0 spiro atoms. The molecule has 0 aromatic rings. The molecule has 0 atom stereocenters. The van der Waals surface area contributed by atoms with Gasteiger partial charge in [0, 0.05) is 6.26 Å². The van der Waals surface area contributed by atoms with Crippen LogP contribution in [0.15, 0.2) is 0 Å². The monoisotopic (exact) mass is 127 g/mol. The number of hydrogen-bond acceptors (Lipinski definition) is 3. The Hall–Kier alpha value is 0.230. The van der Waals surface area contributed by atoms with Gasteiger partial charge in [-0.2, -0.15) is 0 Å². The van der Waals surface area contributed by atoms with Crippen LogP contribution in [0.1, 0.15) is 13.8 Å². The number of nitrogens with two attached hydrogens (primary N) is 1. The molecule has 0 aliphatic heterocycles. The van der Waals surface area contributed by atoms with Gasteiger partial charge in [0.25, 0.3) is 0 Å². The van der Waals surface area contributed by atoms with Crippen LogP contribution in [0.3, 0.4) is 0 Å². The zero-order valence-electron chi connectivity index (χ0n) is 4.88. The molecule has 4 N–H and O–H groups in total. The SMILES string of the molecule is CC.CS(N)(O)O. The largest absolute Gasteiger partial charge is 0.286 e. The molecule has 0 aliphatic carbocycles. The van der Waals surface area contributed by atoms with E-state index in [1.165, 1.54) is 0 Å². The van der Waals surface area contributed by atoms with Crippen LogP contribution in [0.4, 0.5) is 0 Å². The number of hydrogen-bond donors (Lipinski definition) is 3. The van der Waals surface area contributed by atoms with Crippen molar-refractivity contribution in [3.05, 3.63) is 0 Å². The van der Waals surface area contributed by atoms with Gasteiger partial charge in [0.1, 0.15) is 0 Å². The predicted molar refractivity (Wildman–Crippen MR) is 34.3 cm³/mol. The lowest BCUT2D eigenvalue weighted by molar-refractivity contribution is 0.497. The van der Waals surface area contributed by atoms with Crippen LogP contribution >= 0.6 is 10.8 Å². The third kappa shape index (κ3) is 2110. The van der Waals surface area contributed by atoms with Gasteiger partial charge in [0.15, 0.2) is 0 Å². The fraction of sp³-hybridized carbons (Fsp3) is 1.00. The summed E-state index contributed by atoms with van der Waals surface area (Å²) in [5.41, 5.74) is 0. The van der Waals surface area contributed by atoms with E-state index < -0.39 is 10.8 Å². The molecule has 0 radical (unpaired) electrons. The molecule has 0 saturated heterocycles. The molecule has 3 nitrogen and oxygen atoms in total. The highest BCUT2D eigenvalue weighted by Crippen LogP contribution is 2.19. The summed E-state index contributed by atoms with van der Waals surface area (Å²) in [6.07, 6.45) is 1.16. The van der Waals surface area contributed by atoms with E-state index in [1.807, 2.05) is 13.8 Å². The molecule has 0 unspecified atom stereocenters. The maximum Gasteiger partial charge on any atom is 0.0413 e. The quantitative estimate of drug-likeness (QED) is 0.459. The zero-order valence-corrected chi connectivity index (χ0v) is 5.70. The maximum atomic E-state index is 7.94. The highest BCUT2D eigenvalue weighted by Gasteiger charge is 1.84. The molecular formula is C3H13NO2S. The summed E-state index contributed by atoms with van der Waals surface area (Å²) < 4.78 is 15.9. The van der Waals surface area contributed by atoms with E-state index in [0.717, 1.165) is 6.26 Å². The Labute approximate surface area is 46.0 Å². The highest BCUT2D eigenvalue weighted by molar-refractivity contribution is 8.21. The molecule has 0 bridgehead atoms. The molecule has 7 heavy (non-hydrogen) atoms. The van der Waals surface area contributed by atoms with Gasteiger partial charge in [-0.15, -0.1) is 10.8 Å². The van der Waals surface area contributed by atoms with Crippen molar-refractivity contribution in [2.45, 2.75) is 13.8 Å². The Morgan fingerprint density at radius 2 is 1.29 bits per heavy atom. The number of rotatable bonds is 0. The lowest BCUT2D eigenvalue weighted by Crippen LogP contribution is -2.03. The summed E-state index contributed by atoms with van der Waals surface area (Å²) in [5, 5.41) is 4.55. The molecule has 4 heteroatoms. The fourth-order valence-electron chi connectivity index (χ4n) is 0. The standard InChI is InChI=1S/C2H6.CH7NO2S/c1-2;1-5(2,3)4/h1-2H3;3-4H,2H2,1H3. The second-order valence-corrected chi connectivity index (χ2v) is 2.68. The summed E-state index contributed by atoms with van der Waals surface area (Å²) in [6, 6.07) is 0. The van der Waals surface area contributed by atoms with Crippen LogP contribution in [-0.4, -0.2) is 15.4 Å². The first-order valence-corrected chi connectivity index (χ1v) is 4.03. The second-order valence-electron chi connectivity index (χ2n) is 0.893. The van der Waals surface area contributed by atoms with Gasteiger partial charge in [-0.3, -0.25) is 9.11 Å². The summed E-state index contributed by atoms with van der Waals surface area (Å²) >= 11 is 0. The van der Waals surface area contributed by atoms with Crippen LogP contribution in [0, 0.1) is 0 Å². The Morgan fingerprint density at radius 1 is 1.29 bits per heavy atom. The molecule has 48 valence electrons. The van der Waals surface area contributed by atoms with Crippen LogP contribution in [0.25, 0.3) is 0 Å². The topological polar surface area (TPSA) is 66.5 Å². The van der Waals surface area contributed by atoms with E-state index in [1.54, 1.807) is 0 Å². The molecular weight excluding hydrogens is 114 g/mol. The van der Waals surface area contributed by atoms with E-state index >= 15 is 0 Å². The summed E-state index contributed by atoms with van der Waals surface area (Å²) in [7, 11) is -2.67. The van der Waals surface area contributed by atoms with E-state index in [2.05, 4.69) is 5.14 Å². The Morgan fingerprint density at radius 3 is 1.29 bits per heavy atom. The lowest BCUT2D eigenvalue weighted by atomic mass is 11.0. The minimum atomic E-state index is -2.67. The van der Waals surface area contributed by atoms with Gasteiger partial charge in [0.05, 0.1) is 0 Å². The van der Waals surface area contributed by atoms with Crippen LogP contribution in [-0.2, 0) is 0 Å². The van der Waals surface area contributed by atoms with Gasteiger partial charge in [-0.25, -0.2) is 5.14 Å². The lowest BCUT2D eigenvalue weighted by Gasteiger charge is -2.17. The van der Waals surface area contributed by atoms with Gasteiger partial charge < -0.3 is 0 Å². The van der Waals surface area contributed by atoms with E-state index in [4.69, 9.17) is 9.11 Å². The van der Waals surface area contributed by atoms with Gasteiger partial charge in [0.2, 0.25) is 0 Å². The average Bonchev–Trinajstić information content (AvgIpc) is 1.36. The third-order valence-electron chi connectivity index (χ3n) is 0. The van der Waals surface area contributed by atoms with Crippen molar-refractivity contribution in [2.24, 2.45) is 5.14 Å². The first kappa shape index (κ1) is 10.3. The molecule has 0 heterocycles. The molecule has 0 fully saturated rings. The first-order chi connectivity index (χ1) is 3.00. The molecule has 0 saturated carbocycles. The fourth-order valence-corrected chi connectivity index (χ4v) is 0. The van der Waals surface area contributed by atoms with Crippen molar-refractivity contribution in [1.82, 2.24) is 0 Å². The van der Waals surface area contributed by atoms with Crippen molar-refractivity contribution < 1.29 is 9.11 Å². The predicted octanol–water partition coefficient (Wildman–Crippen LogP) is 1.27. The third-order valence-corrected chi connectivity index (χ3v) is 0. The van der Waals surface area contributed by atoms with Crippen molar-refractivity contribution in [2.75, 3.05) is 6.26 Å². The van der Waals surface area contributed by atoms with Crippen molar-refractivity contribution in [3.63, 3.8) is 0 Å². The maximum absolute atomic E-state index is 7.94. The minimum Gasteiger partial charge on any atom is -0.286 e. The second kappa shape index (κ2) is 4.39. The van der Waals surface area contributed by atoms with Crippen molar-refractivity contribution >= 4 is 10.8 Å². The Bertz CT molecular complexity index is 28.4. The Balaban J connectivity index is 0. The molecule has 0 aliphatic rings. The van der Waals surface area contributed by atoms with E-state index in [9.17, 15) is 0 Å². The summed E-state index contributed by atoms with van der Waals surface area (Å²) in [4.78, 5) is 0. The molecule has 0 rings (SSSR count). The average molecular weight is 127 g/mol.